The normalized spacial score (nSPS) is 41.9. The van der Waals surface area contributed by atoms with E-state index < -0.39 is 11.5 Å². The van der Waals surface area contributed by atoms with Crippen molar-refractivity contribution in [1.82, 2.24) is 4.90 Å². The number of rotatable bonds is 1. The number of fused-ring (bicyclic) bond motifs is 2. The maximum atomic E-state index is 12.2. The fraction of sp³-hybridized carbons (Fsp3) is 0.917. The van der Waals surface area contributed by atoms with Crippen molar-refractivity contribution >= 4 is 5.91 Å². The van der Waals surface area contributed by atoms with Crippen LogP contribution < -0.4 is 0 Å². The van der Waals surface area contributed by atoms with Crippen molar-refractivity contribution in [2.75, 3.05) is 14.1 Å². The molecule has 2 fully saturated rings. The zero-order chi connectivity index (χ0) is 11.4. The molecule has 2 rings (SSSR count). The van der Waals surface area contributed by atoms with E-state index in [1.165, 1.54) is 0 Å². The van der Waals surface area contributed by atoms with Gasteiger partial charge in [0.1, 0.15) is 0 Å². The summed E-state index contributed by atoms with van der Waals surface area (Å²) < 4.78 is 0. The quantitative estimate of drug-likeness (QED) is 0.709. The highest BCUT2D eigenvalue weighted by atomic mass is 16.3. The van der Waals surface area contributed by atoms with Crippen LogP contribution in [0.1, 0.15) is 33.1 Å². The van der Waals surface area contributed by atoms with Gasteiger partial charge in [0.15, 0.2) is 0 Å². The van der Waals surface area contributed by atoms with E-state index in [2.05, 4.69) is 13.8 Å². The lowest BCUT2D eigenvalue weighted by Crippen LogP contribution is -2.49. The van der Waals surface area contributed by atoms with E-state index in [1.54, 1.807) is 19.0 Å². The van der Waals surface area contributed by atoms with Crippen molar-refractivity contribution in [3.63, 3.8) is 0 Å². The molecule has 2 aliphatic rings. The molecule has 3 heteroatoms. The Labute approximate surface area is 91.5 Å². The maximum Gasteiger partial charge on any atom is 0.230 e. The van der Waals surface area contributed by atoms with Gasteiger partial charge in [0.05, 0.1) is 11.5 Å². The van der Waals surface area contributed by atoms with Crippen molar-refractivity contribution in [2.24, 2.45) is 16.7 Å². The number of carbonyl (C=O) groups is 1. The fourth-order valence-corrected chi connectivity index (χ4v) is 3.65. The molecule has 0 heterocycles. The third kappa shape index (κ3) is 1.19. The fourth-order valence-electron chi connectivity index (χ4n) is 3.65. The Hall–Kier alpha value is -0.570. The zero-order valence-corrected chi connectivity index (χ0v) is 10.1. The Morgan fingerprint density at radius 2 is 2.00 bits per heavy atom. The van der Waals surface area contributed by atoms with Crippen molar-refractivity contribution in [1.29, 1.82) is 0 Å². The van der Waals surface area contributed by atoms with E-state index in [-0.39, 0.29) is 11.3 Å². The molecule has 1 amide bonds. The molecule has 0 unspecified atom stereocenters. The molecule has 3 nitrogen and oxygen atoms in total. The van der Waals surface area contributed by atoms with Crippen LogP contribution in [0.4, 0.5) is 0 Å². The largest absolute Gasteiger partial charge is 0.391 e. The monoisotopic (exact) mass is 211 g/mol. The van der Waals surface area contributed by atoms with E-state index in [9.17, 15) is 9.90 Å². The van der Waals surface area contributed by atoms with Crippen LogP contribution in [0.3, 0.4) is 0 Å². The van der Waals surface area contributed by atoms with Crippen LogP contribution in [0, 0.1) is 16.7 Å². The lowest BCUT2D eigenvalue weighted by atomic mass is 9.69. The summed E-state index contributed by atoms with van der Waals surface area (Å²) in [7, 11) is 3.56. The minimum absolute atomic E-state index is 0.0933. The summed E-state index contributed by atoms with van der Waals surface area (Å²) in [5.41, 5.74) is -0.568. The molecule has 1 N–H and O–H groups in total. The van der Waals surface area contributed by atoms with Gasteiger partial charge in [0.2, 0.25) is 5.91 Å². The molecular formula is C12H21NO2. The second-order valence-electron chi connectivity index (χ2n) is 6.02. The second kappa shape index (κ2) is 2.97. The first-order valence-electron chi connectivity index (χ1n) is 5.72. The Morgan fingerprint density at radius 1 is 1.40 bits per heavy atom. The van der Waals surface area contributed by atoms with Gasteiger partial charge in [-0.1, -0.05) is 13.8 Å². The van der Waals surface area contributed by atoms with Crippen LogP contribution in [-0.2, 0) is 4.79 Å². The second-order valence-corrected chi connectivity index (χ2v) is 6.02. The highest BCUT2D eigenvalue weighted by Gasteiger charge is 2.64. The number of aliphatic hydroxyl groups excluding tert-OH is 1. The lowest BCUT2D eigenvalue weighted by molar-refractivity contribution is -0.149. The summed E-state index contributed by atoms with van der Waals surface area (Å²) >= 11 is 0. The first-order valence-corrected chi connectivity index (χ1v) is 5.72. The number of aliphatic hydroxyl groups is 1. The minimum Gasteiger partial charge on any atom is -0.391 e. The predicted molar refractivity (Wildman–Crippen MR) is 58.3 cm³/mol. The molecule has 86 valence electrons. The summed E-state index contributed by atoms with van der Waals surface area (Å²) in [5.74, 6) is 0.625. The Balaban J connectivity index is 2.35. The van der Waals surface area contributed by atoms with E-state index in [0.717, 1.165) is 19.3 Å². The molecule has 2 saturated carbocycles. The first-order chi connectivity index (χ1) is 6.82. The number of amides is 1. The number of nitrogens with zero attached hydrogens (tertiary/aromatic N) is 1. The van der Waals surface area contributed by atoms with Crippen LogP contribution in [-0.4, -0.2) is 36.1 Å². The Morgan fingerprint density at radius 3 is 2.40 bits per heavy atom. The highest BCUT2D eigenvalue weighted by Crippen LogP contribution is 2.63. The third-order valence-electron chi connectivity index (χ3n) is 4.66. The Bertz CT molecular complexity index is 298. The number of hydrogen-bond donors (Lipinski definition) is 1. The number of hydrogen-bond acceptors (Lipinski definition) is 2. The van der Waals surface area contributed by atoms with Gasteiger partial charge in [-0.3, -0.25) is 4.79 Å². The summed E-state index contributed by atoms with van der Waals surface area (Å²) in [5, 5.41) is 10.4. The van der Waals surface area contributed by atoms with Gasteiger partial charge >= 0.3 is 0 Å². The van der Waals surface area contributed by atoms with E-state index in [4.69, 9.17) is 0 Å². The van der Waals surface area contributed by atoms with Crippen LogP contribution >= 0.6 is 0 Å². The van der Waals surface area contributed by atoms with Gasteiger partial charge in [-0.15, -0.1) is 0 Å². The van der Waals surface area contributed by atoms with Gasteiger partial charge in [-0.05, 0) is 30.6 Å². The summed E-state index contributed by atoms with van der Waals surface area (Å²) in [6.07, 6.45) is 2.35. The van der Waals surface area contributed by atoms with Crippen molar-refractivity contribution in [2.45, 2.75) is 39.2 Å². The Kier molecular flexibility index (Phi) is 2.16. The highest BCUT2D eigenvalue weighted by molar-refractivity contribution is 5.84. The molecule has 0 spiro atoms. The van der Waals surface area contributed by atoms with E-state index >= 15 is 0 Å². The van der Waals surface area contributed by atoms with Crippen molar-refractivity contribution < 1.29 is 9.90 Å². The van der Waals surface area contributed by atoms with Crippen LogP contribution in [0.15, 0.2) is 0 Å². The van der Waals surface area contributed by atoms with Gasteiger partial charge in [-0.2, -0.15) is 0 Å². The van der Waals surface area contributed by atoms with Crippen molar-refractivity contribution in [3.05, 3.63) is 0 Å². The van der Waals surface area contributed by atoms with Crippen molar-refractivity contribution in [3.8, 4) is 0 Å². The molecule has 0 aromatic rings. The third-order valence-corrected chi connectivity index (χ3v) is 4.66. The molecule has 0 aliphatic heterocycles. The molecular weight excluding hydrogens is 190 g/mol. The van der Waals surface area contributed by atoms with E-state index in [0.29, 0.717) is 5.92 Å². The SMILES string of the molecule is CN(C)C(=O)[C@]12CC[C@@H](C1)C(C)(C)[C@H]2O. The lowest BCUT2D eigenvalue weighted by Gasteiger charge is -2.40. The summed E-state index contributed by atoms with van der Waals surface area (Å²) in [6, 6.07) is 0. The topological polar surface area (TPSA) is 40.5 Å². The predicted octanol–water partition coefficient (Wildman–Crippen LogP) is 1.26. The van der Waals surface area contributed by atoms with Crippen LogP contribution in [0.25, 0.3) is 0 Å². The maximum absolute atomic E-state index is 12.2. The summed E-state index contributed by atoms with van der Waals surface area (Å²) in [4.78, 5) is 13.8. The standard InChI is InChI=1S/C12H21NO2/c1-11(2)8-5-6-12(7-8,9(11)14)10(15)13(3)4/h8-9,14H,5-7H2,1-4H3/t8-,9+,12+/m0/s1. The molecule has 2 bridgehead atoms. The molecule has 2 aliphatic carbocycles. The molecule has 0 radical (unpaired) electrons. The first kappa shape index (κ1) is 10.9. The van der Waals surface area contributed by atoms with Gasteiger partial charge in [0, 0.05) is 14.1 Å². The smallest absolute Gasteiger partial charge is 0.230 e. The van der Waals surface area contributed by atoms with E-state index in [1.807, 2.05) is 0 Å². The molecule has 0 aromatic carbocycles. The summed E-state index contributed by atoms with van der Waals surface area (Å²) in [6.45, 7) is 4.18. The van der Waals surface area contributed by atoms with Gasteiger partial charge in [-0.25, -0.2) is 0 Å². The van der Waals surface area contributed by atoms with Crippen LogP contribution in [0.2, 0.25) is 0 Å². The van der Waals surface area contributed by atoms with Gasteiger partial charge in [0.25, 0.3) is 0 Å². The number of carbonyl (C=O) groups excluding carboxylic acids is 1. The van der Waals surface area contributed by atoms with Crippen LogP contribution in [0.5, 0.6) is 0 Å². The average molecular weight is 211 g/mol. The van der Waals surface area contributed by atoms with Gasteiger partial charge < -0.3 is 10.0 Å². The molecule has 15 heavy (non-hydrogen) atoms. The molecule has 3 atom stereocenters. The zero-order valence-electron chi connectivity index (χ0n) is 10.1. The molecule has 0 saturated heterocycles. The average Bonchev–Trinajstić information content (AvgIpc) is 2.66. The molecule has 0 aromatic heterocycles. The minimum atomic E-state index is -0.475.